The van der Waals surface area contributed by atoms with E-state index in [4.69, 9.17) is 9.47 Å². The molecule has 0 atom stereocenters. The average molecular weight is 522 g/mol. The third-order valence-corrected chi connectivity index (χ3v) is 7.28. The second kappa shape index (κ2) is 10.2. The van der Waals surface area contributed by atoms with Crippen LogP contribution < -0.4 is 14.1 Å². The van der Waals surface area contributed by atoms with E-state index in [1.807, 2.05) is 0 Å². The molecule has 3 aromatic carbocycles. The van der Waals surface area contributed by atoms with E-state index in [2.05, 4.69) is 0 Å². The quantitative estimate of drug-likeness (QED) is 0.499. The van der Waals surface area contributed by atoms with Crippen LogP contribution in [-0.2, 0) is 24.3 Å². The minimum Gasteiger partial charge on any atom is -0.452 e. The second-order valence-corrected chi connectivity index (χ2v) is 9.66. The summed E-state index contributed by atoms with van der Waals surface area (Å²) in [5, 5.41) is 0. The largest absolute Gasteiger partial charge is 0.452 e. The molecule has 0 radical (unpaired) electrons. The molecule has 0 bridgehead atoms. The minimum absolute atomic E-state index is 0.0299. The second-order valence-electron chi connectivity index (χ2n) is 7.87. The Kier molecular flexibility index (Phi) is 6.98. The zero-order valence-corrected chi connectivity index (χ0v) is 21.0. The van der Waals surface area contributed by atoms with Crippen molar-refractivity contribution in [2.75, 3.05) is 28.3 Å². The molecule has 4 rings (SSSR count). The SMILES string of the molecule is COC(=O)N1C=C(C(=O)N(c2ccccc2)S(=O)(=O)c2ccc(C)cc2)N(C(=O)OC)c2ccccc21. The number of carbonyl (C=O) groups excluding carboxylic acids is 3. The van der Waals surface area contributed by atoms with Crippen molar-refractivity contribution in [1.29, 1.82) is 0 Å². The number of aryl methyl sites for hydroxylation is 1. The molecule has 11 heteroatoms. The molecule has 3 amide bonds. The van der Waals surface area contributed by atoms with Crippen LogP contribution in [0.15, 0.2) is 95.7 Å². The van der Waals surface area contributed by atoms with Gasteiger partial charge in [0.1, 0.15) is 5.70 Å². The third-order valence-electron chi connectivity index (χ3n) is 5.56. The van der Waals surface area contributed by atoms with Crippen LogP contribution in [0.3, 0.4) is 0 Å². The molecule has 37 heavy (non-hydrogen) atoms. The van der Waals surface area contributed by atoms with Gasteiger partial charge in [0.25, 0.3) is 15.9 Å². The molecule has 1 aliphatic rings. The zero-order valence-electron chi connectivity index (χ0n) is 20.2. The van der Waals surface area contributed by atoms with Crippen molar-refractivity contribution in [2.45, 2.75) is 11.8 Å². The fraction of sp³-hybridized carbons (Fsp3) is 0.115. The minimum atomic E-state index is -4.47. The first-order valence-corrected chi connectivity index (χ1v) is 12.4. The Morgan fingerprint density at radius 3 is 1.92 bits per heavy atom. The van der Waals surface area contributed by atoms with Crippen LogP contribution >= 0.6 is 0 Å². The Morgan fingerprint density at radius 2 is 1.32 bits per heavy atom. The van der Waals surface area contributed by atoms with Gasteiger partial charge in [-0.1, -0.05) is 48.0 Å². The van der Waals surface area contributed by atoms with Gasteiger partial charge < -0.3 is 9.47 Å². The Balaban J connectivity index is 1.95. The maximum absolute atomic E-state index is 14.1. The molecule has 3 aromatic rings. The molecule has 0 unspecified atom stereocenters. The summed E-state index contributed by atoms with van der Waals surface area (Å²) in [6.45, 7) is 1.80. The Labute approximate surface area is 214 Å². The molecule has 1 aliphatic heterocycles. The van der Waals surface area contributed by atoms with E-state index >= 15 is 0 Å². The van der Waals surface area contributed by atoms with Crippen molar-refractivity contribution in [3.8, 4) is 0 Å². The first-order chi connectivity index (χ1) is 17.7. The van der Waals surface area contributed by atoms with Crippen molar-refractivity contribution < 1.29 is 32.3 Å². The summed E-state index contributed by atoms with van der Waals surface area (Å²) in [6, 6.07) is 19.9. The summed E-state index contributed by atoms with van der Waals surface area (Å²) in [5.41, 5.74) is 0.752. The standard InChI is InChI=1S/C26H23N3O7S/c1-18-13-15-20(16-14-18)37(33,34)29(19-9-5-4-6-10-19)24(30)23-17-27(25(31)35-2)21-11-7-8-12-22(21)28(23)26(32)36-3/h4-17H,1-3H3. The first-order valence-electron chi connectivity index (χ1n) is 11.0. The number of rotatable bonds is 4. The van der Waals surface area contributed by atoms with Gasteiger partial charge in [-0.25, -0.2) is 27.8 Å². The van der Waals surface area contributed by atoms with E-state index in [0.29, 0.717) is 4.31 Å². The van der Waals surface area contributed by atoms with Crippen LogP contribution in [-0.4, -0.2) is 40.7 Å². The maximum atomic E-state index is 14.1. The van der Waals surface area contributed by atoms with Gasteiger partial charge in [0.05, 0.1) is 36.2 Å². The number of benzene rings is 3. The van der Waals surface area contributed by atoms with E-state index in [0.717, 1.165) is 35.8 Å². The summed E-state index contributed by atoms with van der Waals surface area (Å²) in [4.78, 5) is 41.5. The Bertz CT molecular complexity index is 1490. The number of amides is 3. The number of hydrogen-bond donors (Lipinski definition) is 0. The van der Waals surface area contributed by atoms with Gasteiger partial charge in [0, 0.05) is 6.20 Å². The summed E-state index contributed by atoms with van der Waals surface area (Å²) in [5.74, 6) is -1.10. The molecule has 0 saturated carbocycles. The fourth-order valence-corrected chi connectivity index (χ4v) is 5.17. The fourth-order valence-electron chi connectivity index (χ4n) is 3.77. The number of nitrogens with zero attached hydrogens (tertiary/aromatic N) is 3. The van der Waals surface area contributed by atoms with Gasteiger partial charge in [-0.05, 0) is 43.3 Å². The summed E-state index contributed by atoms with van der Waals surface area (Å²) < 4.78 is 38.0. The Hall–Kier alpha value is -4.64. The third kappa shape index (κ3) is 4.64. The van der Waals surface area contributed by atoms with Crippen LogP contribution in [0.2, 0.25) is 0 Å². The van der Waals surface area contributed by atoms with Gasteiger partial charge in [-0.2, -0.15) is 4.31 Å². The van der Waals surface area contributed by atoms with E-state index in [1.54, 1.807) is 49.4 Å². The van der Waals surface area contributed by atoms with Crippen molar-refractivity contribution in [3.63, 3.8) is 0 Å². The highest BCUT2D eigenvalue weighted by molar-refractivity contribution is 7.93. The molecule has 0 aromatic heterocycles. The van der Waals surface area contributed by atoms with Gasteiger partial charge in [-0.3, -0.25) is 4.79 Å². The summed E-state index contributed by atoms with van der Waals surface area (Å²) in [6.07, 6.45) is -0.763. The summed E-state index contributed by atoms with van der Waals surface area (Å²) in [7, 11) is -2.19. The molecular formula is C26H23N3O7S. The molecule has 10 nitrogen and oxygen atoms in total. The van der Waals surface area contributed by atoms with Gasteiger partial charge in [0.15, 0.2) is 0 Å². The smallest absolute Gasteiger partial charge is 0.418 e. The number of para-hydroxylation sites is 3. The Morgan fingerprint density at radius 1 is 0.757 bits per heavy atom. The van der Waals surface area contributed by atoms with E-state index in [1.165, 1.54) is 36.4 Å². The van der Waals surface area contributed by atoms with Gasteiger partial charge >= 0.3 is 12.2 Å². The molecule has 0 spiro atoms. The molecule has 0 saturated heterocycles. The maximum Gasteiger partial charge on any atom is 0.418 e. The lowest BCUT2D eigenvalue weighted by atomic mass is 10.1. The van der Waals surface area contributed by atoms with Crippen molar-refractivity contribution in [1.82, 2.24) is 0 Å². The number of methoxy groups -OCH3 is 2. The van der Waals surface area contributed by atoms with Gasteiger partial charge in [0.2, 0.25) is 0 Å². The number of fused-ring (bicyclic) bond motifs is 1. The summed E-state index contributed by atoms with van der Waals surface area (Å²) >= 11 is 0. The normalized spacial score (nSPS) is 12.8. The van der Waals surface area contributed by atoms with Crippen molar-refractivity contribution in [2.24, 2.45) is 0 Å². The molecular weight excluding hydrogens is 498 g/mol. The van der Waals surface area contributed by atoms with E-state index in [9.17, 15) is 22.8 Å². The van der Waals surface area contributed by atoms with Crippen LogP contribution in [0.1, 0.15) is 5.56 Å². The van der Waals surface area contributed by atoms with Crippen molar-refractivity contribution >= 4 is 45.2 Å². The van der Waals surface area contributed by atoms with Crippen LogP contribution in [0.4, 0.5) is 26.7 Å². The van der Waals surface area contributed by atoms with E-state index < -0.39 is 33.8 Å². The monoisotopic (exact) mass is 521 g/mol. The van der Waals surface area contributed by atoms with Crippen LogP contribution in [0, 0.1) is 6.92 Å². The number of sulfonamides is 1. The lowest BCUT2D eigenvalue weighted by molar-refractivity contribution is -0.114. The highest BCUT2D eigenvalue weighted by Gasteiger charge is 2.41. The first kappa shape index (κ1) is 25.5. The zero-order chi connectivity index (χ0) is 26.7. The number of anilines is 3. The number of carbonyl (C=O) groups is 3. The predicted octanol–water partition coefficient (Wildman–Crippen LogP) is 4.42. The lowest BCUT2D eigenvalue weighted by Gasteiger charge is -2.35. The highest BCUT2D eigenvalue weighted by atomic mass is 32.2. The molecule has 1 heterocycles. The molecule has 190 valence electrons. The van der Waals surface area contributed by atoms with Crippen LogP contribution in [0.5, 0.6) is 0 Å². The molecule has 0 aliphatic carbocycles. The molecule has 0 fully saturated rings. The highest BCUT2D eigenvalue weighted by Crippen LogP contribution is 2.39. The van der Waals surface area contributed by atoms with Crippen LogP contribution in [0.25, 0.3) is 0 Å². The topological polar surface area (TPSA) is 114 Å². The average Bonchev–Trinajstić information content (AvgIpc) is 2.92. The number of hydrogen-bond acceptors (Lipinski definition) is 7. The van der Waals surface area contributed by atoms with Crippen molar-refractivity contribution in [3.05, 3.63) is 96.3 Å². The predicted molar refractivity (Wildman–Crippen MR) is 137 cm³/mol. The van der Waals surface area contributed by atoms with E-state index in [-0.39, 0.29) is 22.0 Å². The van der Waals surface area contributed by atoms with Gasteiger partial charge in [-0.15, -0.1) is 0 Å². The number of ether oxygens (including phenoxy) is 2. The molecule has 0 N–H and O–H groups in total. The lowest BCUT2D eigenvalue weighted by Crippen LogP contribution is -2.47.